The van der Waals surface area contributed by atoms with Crippen LogP contribution >= 0.6 is 0 Å². The molecule has 0 unspecified atom stereocenters. The van der Waals surface area contributed by atoms with Gasteiger partial charge in [0.1, 0.15) is 28.0 Å². The molecule has 0 spiro atoms. The van der Waals surface area contributed by atoms with Crippen LogP contribution in [0, 0.1) is 0 Å². The number of rotatable bonds is 8. The number of ether oxygens (including phenoxy) is 5. The van der Waals surface area contributed by atoms with Gasteiger partial charge in [-0.05, 0) is 116 Å². The third-order valence-corrected chi connectivity index (χ3v) is 4.82. The molecule has 0 radical (unpaired) electrons. The quantitative estimate of drug-likeness (QED) is 0.233. The van der Waals surface area contributed by atoms with Crippen molar-refractivity contribution in [3.63, 3.8) is 0 Å². The van der Waals surface area contributed by atoms with Crippen LogP contribution < -0.4 is 23.7 Å². The van der Waals surface area contributed by atoms with Crippen molar-refractivity contribution >= 4 is 11.9 Å². The van der Waals surface area contributed by atoms with Crippen molar-refractivity contribution in [1.82, 2.24) is 0 Å². The summed E-state index contributed by atoms with van der Waals surface area (Å²) in [6.45, 7) is 29.5. The molecule has 0 aliphatic rings. The summed E-state index contributed by atoms with van der Waals surface area (Å²) >= 11 is 0. The maximum Gasteiger partial charge on any atom is 0.212 e. The van der Waals surface area contributed by atoms with E-state index in [4.69, 9.17) is 23.7 Å². The van der Waals surface area contributed by atoms with E-state index in [9.17, 15) is 4.79 Å². The molecule has 0 saturated carbocycles. The molecule has 0 bridgehead atoms. The highest BCUT2D eigenvalue weighted by Gasteiger charge is 2.37. The van der Waals surface area contributed by atoms with Gasteiger partial charge in [-0.2, -0.15) is 0 Å². The Morgan fingerprint density at radius 3 is 1.10 bits per heavy atom. The Morgan fingerprint density at radius 1 is 0.488 bits per heavy atom. The van der Waals surface area contributed by atoms with Crippen LogP contribution in [0.25, 0.3) is 6.08 Å². The van der Waals surface area contributed by atoms with Gasteiger partial charge in [-0.25, -0.2) is 0 Å². The van der Waals surface area contributed by atoms with Gasteiger partial charge in [0.05, 0.1) is 5.56 Å². The molecule has 2 aromatic carbocycles. The average molecular weight is 569 g/mol. The van der Waals surface area contributed by atoms with E-state index in [1.807, 2.05) is 122 Å². The maximum atomic E-state index is 13.2. The van der Waals surface area contributed by atoms with Gasteiger partial charge in [0.25, 0.3) is 0 Å². The molecule has 0 heterocycles. The molecule has 41 heavy (non-hydrogen) atoms. The van der Waals surface area contributed by atoms with E-state index in [1.165, 1.54) is 6.08 Å². The van der Waals surface area contributed by atoms with E-state index >= 15 is 0 Å². The first-order valence-corrected chi connectivity index (χ1v) is 14.3. The van der Waals surface area contributed by atoms with Crippen molar-refractivity contribution in [3.8, 4) is 28.7 Å². The molecular formula is C35H52O6. The Labute approximate surface area is 248 Å². The highest BCUT2D eigenvalue weighted by Crippen LogP contribution is 2.58. The predicted octanol–water partition coefficient (Wildman–Crippen LogP) is 9.47. The number of carbonyl (C=O) groups is 1. The summed E-state index contributed by atoms with van der Waals surface area (Å²) in [6, 6.07) is 9.13. The standard InChI is InChI=1S/C35H52O6/c1-31(2,3)37-26-24(21-22-25(36)23-19-17-16-18-20-23)27(38-32(4,5)6)29(40-34(10,11)12)30(41-35(13,14)15)28(26)39-33(7,8)9/h16-22H,1-15H3. The van der Waals surface area contributed by atoms with Crippen molar-refractivity contribution in [2.45, 2.75) is 132 Å². The molecule has 2 aromatic rings. The fourth-order valence-electron chi connectivity index (χ4n) is 3.68. The van der Waals surface area contributed by atoms with Crippen LogP contribution in [-0.2, 0) is 0 Å². The van der Waals surface area contributed by atoms with E-state index in [-0.39, 0.29) is 5.78 Å². The monoisotopic (exact) mass is 568 g/mol. The fraction of sp³-hybridized carbons (Fsp3) is 0.571. The van der Waals surface area contributed by atoms with Gasteiger partial charge in [-0.1, -0.05) is 30.3 Å². The molecule has 0 amide bonds. The number of carbonyl (C=O) groups excluding carboxylic acids is 1. The van der Waals surface area contributed by atoms with E-state index in [0.29, 0.717) is 39.9 Å². The molecule has 6 heteroatoms. The second kappa shape index (κ2) is 12.0. The van der Waals surface area contributed by atoms with Crippen LogP contribution in [0.15, 0.2) is 36.4 Å². The summed E-state index contributed by atoms with van der Waals surface area (Å²) in [5, 5.41) is 0. The number of allylic oxidation sites excluding steroid dienone is 1. The van der Waals surface area contributed by atoms with Gasteiger partial charge in [0.15, 0.2) is 17.3 Å². The van der Waals surface area contributed by atoms with E-state index in [0.717, 1.165) is 0 Å². The molecular weight excluding hydrogens is 516 g/mol. The summed E-state index contributed by atoms with van der Waals surface area (Å²) < 4.78 is 33.1. The lowest BCUT2D eigenvalue weighted by molar-refractivity contribution is 0.0571. The first kappa shape index (κ1) is 34.1. The molecule has 6 nitrogen and oxygen atoms in total. The second-order valence-corrected chi connectivity index (χ2v) is 15.2. The summed E-state index contributed by atoms with van der Waals surface area (Å²) in [5.41, 5.74) is -1.97. The van der Waals surface area contributed by atoms with Crippen LogP contribution in [-0.4, -0.2) is 33.8 Å². The van der Waals surface area contributed by atoms with Gasteiger partial charge >= 0.3 is 0 Å². The minimum atomic E-state index is -0.619. The van der Waals surface area contributed by atoms with Crippen molar-refractivity contribution in [2.75, 3.05) is 0 Å². The molecule has 0 aromatic heterocycles. The average Bonchev–Trinajstić information content (AvgIpc) is 2.74. The lowest BCUT2D eigenvalue weighted by atomic mass is 10.0. The van der Waals surface area contributed by atoms with Crippen molar-refractivity contribution in [2.24, 2.45) is 0 Å². The zero-order chi connectivity index (χ0) is 31.6. The molecule has 0 atom stereocenters. The second-order valence-electron chi connectivity index (χ2n) is 15.2. The summed E-state index contributed by atoms with van der Waals surface area (Å²) in [5.74, 6) is 1.81. The molecule has 0 saturated heterocycles. The zero-order valence-corrected chi connectivity index (χ0v) is 28.0. The molecule has 2 rings (SSSR count). The third kappa shape index (κ3) is 11.3. The largest absolute Gasteiger partial charge is 0.483 e. The van der Waals surface area contributed by atoms with Crippen molar-refractivity contribution < 1.29 is 28.5 Å². The normalized spacial score (nSPS) is 13.2. The molecule has 0 N–H and O–H groups in total. The van der Waals surface area contributed by atoms with E-state index < -0.39 is 28.0 Å². The smallest absolute Gasteiger partial charge is 0.212 e. The van der Waals surface area contributed by atoms with E-state index in [2.05, 4.69) is 0 Å². The Hall–Kier alpha value is -3.15. The third-order valence-electron chi connectivity index (χ3n) is 4.82. The first-order chi connectivity index (χ1) is 18.4. The first-order valence-electron chi connectivity index (χ1n) is 14.3. The highest BCUT2D eigenvalue weighted by atomic mass is 16.6. The minimum absolute atomic E-state index is 0.152. The van der Waals surface area contributed by atoms with Crippen molar-refractivity contribution in [1.29, 1.82) is 0 Å². The van der Waals surface area contributed by atoms with Gasteiger partial charge in [0, 0.05) is 5.56 Å². The minimum Gasteiger partial charge on any atom is -0.483 e. The lowest BCUT2D eigenvalue weighted by Gasteiger charge is -2.36. The maximum absolute atomic E-state index is 13.2. The lowest BCUT2D eigenvalue weighted by Crippen LogP contribution is -2.32. The Balaban J connectivity index is 3.16. The molecule has 0 aliphatic carbocycles. The van der Waals surface area contributed by atoms with Crippen LogP contribution in [0.1, 0.15) is 120 Å². The number of hydrogen-bond donors (Lipinski definition) is 0. The molecule has 0 fully saturated rings. The highest BCUT2D eigenvalue weighted by molar-refractivity contribution is 6.07. The molecule has 228 valence electrons. The van der Waals surface area contributed by atoms with Gasteiger partial charge in [-0.15, -0.1) is 0 Å². The Morgan fingerprint density at radius 2 is 0.780 bits per heavy atom. The van der Waals surface area contributed by atoms with Gasteiger partial charge in [-0.3, -0.25) is 4.79 Å². The predicted molar refractivity (Wildman–Crippen MR) is 168 cm³/mol. The van der Waals surface area contributed by atoms with Crippen LogP contribution in [0.4, 0.5) is 0 Å². The number of hydrogen-bond acceptors (Lipinski definition) is 6. The van der Waals surface area contributed by atoms with Gasteiger partial charge < -0.3 is 23.7 Å². The number of ketones is 1. The summed E-state index contributed by atoms with van der Waals surface area (Å²) in [7, 11) is 0. The summed E-state index contributed by atoms with van der Waals surface area (Å²) in [6.07, 6.45) is 3.26. The van der Waals surface area contributed by atoms with Crippen molar-refractivity contribution in [3.05, 3.63) is 47.5 Å². The SMILES string of the molecule is CC(C)(C)Oc1c(C=CC(=O)c2ccccc2)c(OC(C)(C)C)c(OC(C)(C)C)c(OC(C)(C)C)c1OC(C)(C)C. The summed E-state index contributed by atoms with van der Waals surface area (Å²) in [4.78, 5) is 13.2. The molecule has 0 aliphatic heterocycles. The Kier molecular flexibility index (Phi) is 9.96. The Bertz CT molecular complexity index is 1160. The van der Waals surface area contributed by atoms with Crippen LogP contribution in [0.5, 0.6) is 28.7 Å². The van der Waals surface area contributed by atoms with Crippen LogP contribution in [0.2, 0.25) is 0 Å². The topological polar surface area (TPSA) is 63.2 Å². The van der Waals surface area contributed by atoms with Gasteiger partial charge in [0.2, 0.25) is 17.2 Å². The number of benzene rings is 2. The van der Waals surface area contributed by atoms with E-state index in [1.54, 1.807) is 18.2 Å². The fourth-order valence-corrected chi connectivity index (χ4v) is 3.68. The van der Waals surface area contributed by atoms with Crippen LogP contribution in [0.3, 0.4) is 0 Å². The zero-order valence-electron chi connectivity index (χ0n) is 28.0.